The third-order valence-corrected chi connectivity index (χ3v) is 3.55. The van der Waals surface area contributed by atoms with E-state index in [1.54, 1.807) is 45.2 Å². The molecule has 1 heterocycles. The van der Waals surface area contributed by atoms with E-state index in [9.17, 15) is 9.90 Å². The Kier molecular flexibility index (Phi) is 4.95. The standard InChI is InChI=1S/C17H22N2O4/c1-11-9-13(22-4)6-7-14(11)19-16(20)18-10-17(3,21)15-8-5-12(2)23-15/h5-9,21H,10H2,1-4H3,(H2,18,19,20). The molecule has 1 aromatic carbocycles. The van der Waals surface area contributed by atoms with E-state index >= 15 is 0 Å². The summed E-state index contributed by atoms with van der Waals surface area (Å²) in [5.41, 5.74) is 0.283. The van der Waals surface area contributed by atoms with Crippen molar-refractivity contribution in [1.82, 2.24) is 5.32 Å². The second-order valence-corrected chi connectivity index (χ2v) is 5.67. The van der Waals surface area contributed by atoms with E-state index in [2.05, 4.69) is 10.6 Å². The predicted octanol–water partition coefficient (Wildman–Crippen LogP) is 2.93. The van der Waals surface area contributed by atoms with Gasteiger partial charge in [-0.15, -0.1) is 0 Å². The van der Waals surface area contributed by atoms with Crippen LogP contribution in [0.15, 0.2) is 34.7 Å². The van der Waals surface area contributed by atoms with Gasteiger partial charge in [-0.05, 0) is 56.7 Å². The minimum Gasteiger partial charge on any atom is -0.497 e. The Morgan fingerprint density at radius 3 is 2.61 bits per heavy atom. The van der Waals surface area contributed by atoms with Crippen molar-refractivity contribution in [3.05, 3.63) is 47.4 Å². The van der Waals surface area contributed by atoms with E-state index in [0.29, 0.717) is 17.2 Å². The Morgan fingerprint density at radius 2 is 2.04 bits per heavy atom. The lowest BCUT2D eigenvalue weighted by atomic mass is 10.0. The van der Waals surface area contributed by atoms with E-state index < -0.39 is 11.6 Å². The van der Waals surface area contributed by atoms with Crippen molar-refractivity contribution in [1.29, 1.82) is 0 Å². The summed E-state index contributed by atoms with van der Waals surface area (Å²) < 4.78 is 10.5. The molecule has 1 atom stereocenters. The lowest BCUT2D eigenvalue weighted by Gasteiger charge is -2.21. The smallest absolute Gasteiger partial charge is 0.319 e. The Labute approximate surface area is 135 Å². The van der Waals surface area contributed by atoms with Gasteiger partial charge in [0.1, 0.15) is 22.9 Å². The van der Waals surface area contributed by atoms with Crippen LogP contribution in [0, 0.1) is 13.8 Å². The number of furan rings is 1. The summed E-state index contributed by atoms with van der Waals surface area (Å²) in [5, 5.41) is 15.8. The van der Waals surface area contributed by atoms with Crippen LogP contribution in [0.4, 0.5) is 10.5 Å². The number of hydrogen-bond donors (Lipinski definition) is 3. The number of hydrogen-bond acceptors (Lipinski definition) is 4. The minimum atomic E-state index is -1.28. The summed E-state index contributed by atoms with van der Waals surface area (Å²) in [6.07, 6.45) is 0. The van der Waals surface area contributed by atoms with Crippen molar-refractivity contribution in [2.24, 2.45) is 0 Å². The average Bonchev–Trinajstić information content (AvgIpc) is 2.95. The van der Waals surface area contributed by atoms with Crippen molar-refractivity contribution in [3.63, 3.8) is 0 Å². The van der Waals surface area contributed by atoms with Gasteiger partial charge in [0.2, 0.25) is 0 Å². The number of amides is 2. The largest absolute Gasteiger partial charge is 0.497 e. The van der Waals surface area contributed by atoms with Gasteiger partial charge < -0.3 is 24.9 Å². The number of nitrogens with one attached hydrogen (secondary N) is 2. The maximum absolute atomic E-state index is 12.0. The summed E-state index contributed by atoms with van der Waals surface area (Å²) in [7, 11) is 1.59. The third kappa shape index (κ3) is 4.26. The van der Waals surface area contributed by atoms with Crippen LogP contribution in [0.5, 0.6) is 5.75 Å². The van der Waals surface area contributed by atoms with Gasteiger partial charge in [0.05, 0.1) is 13.7 Å². The maximum atomic E-state index is 12.0. The molecule has 0 spiro atoms. The molecular weight excluding hydrogens is 296 g/mol. The number of anilines is 1. The van der Waals surface area contributed by atoms with Crippen molar-refractivity contribution in [2.75, 3.05) is 19.0 Å². The normalized spacial score (nSPS) is 13.3. The first kappa shape index (κ1) is 16.9. The summed E-state index contributed by atoms with van der Waals surface area (Å²) in [5.74, 6) is 1.85. The number of benzene rings is 1. The highest BCUT2D eigenvalue weighted by Crippen LogP contribution is 2.23. The van der Waals surface area contributed by atoms with E-state index in [1.165, 1.54) is 0 Å². The third-order valence-electron chi connectivity index (χ3n) is 3.55. The molecule has 0 bridgehead atoms. The summed E-state index contributed by atoms with van der Waals surface area (Å²) in [6.45, 7) is 5.29. The second-order valence-electron chi connectivity index (χ2n) is 5.67. The van der Waals surface area contributed by atoms with Crippen LogP contribution >= 0.6 is 0 Å². The second kappa shape index (κ2) is 6.75. The number of carbonyl (C=O) groups is 1. The molecule has 6 heteroatoms. The highest BCUT2D eigenvalue weighted by molar-refractivity contribution is 5.90. The average molecular weight is 318 g/mol. The molecule has 2 rings (SSSR count). The lowest BCUT2D eigenvalue weighted by Crippen LogP contribution is -2.40. The number of ether oxygens (including phenoxy) is 1. The highest BCUT2D eigenvalue weighted by atomic mass is 16.5. The van der Waals surface area contributed by atoms with Crippen molar-refractivity contribution in [2.45, 2.75) is 26.4 Å². The van der Waals surface area contributed by atoms with E-state index in [1.807, 2.05) is 13.0 Å². The Morgan fingerprint density at radius 1 is 1.30 bits per heavy atom. The summed E-state index contributed by atoms with van der Waals surface area (Å²) in [4.78, 5) is 12.0. The Bertz CT molecular complexity index is 692. The van der Waals surface area contributed by atoms with Gasteiger partial charge in [0.15, 0.2) is 0 Å². The van der Waals surface area contributed by atoms with E-state index in [4.69, 9.17) is 9.15 Å². The van der Waals surface area contributed by atoms with Crippen LogP contribution in [-0.2, 0) is 5.60 Å². The number of aryl methyl sites for hydroxylation is 2. The van der Waals surface area contributed by atoms with Crippen LogP contribution in [0.25, 0.3) is 0 Å². The van der Waals surface area contributed by atoms with Gasteiger partial charge in [-0.25, -0.2) is 4.79 Å². The zero-order chi connectivity index (χ0) is 17.0. The summed E-state index contributed by atoms with van der Waals surface area (Å²) in [6, 6.07) is 8.43. The van der Waals surface area contributed by atoms with Crippen LogP contribution < -0.4 is 15.4 Å². The molecule has 2 aromatic rings. The molecule has 1 aromatic heterocycles. The zero-order valence-electron chi connectivity index (χ0n) is 13.8. The predicted molar refractivity (Wildman–Crippen MR) is 87.8 cm³/mol. The molecule has 0 radical (unpaired) electrons. The zero-order valence-corrected chi connectivity index (χ0v) is 13.8. The molecule has 0 aliphatic heterocycles. The Hall–Kier alpha value is -2.47. The lowest BCUT2D eigenvalue weighted by molar-refractivity contribution is 0.0364. The van der Waals surface area contributed by atoms with E-state index in [0.717, 1.165) is 11.3 Å². The molecule has 2 amide bonds. The van der Waals surface area contributed by atoms with Crippen LogP contribution in [0.1, 0.15) is 24.0 Å². The SMILES string of the molecule is COc1ccc(NC(=O)NCC(C)(O)c2ccc(C)o2)c(C)c1. The topological polar surface area (TPSA) is 83.7 Å². The molecule has 1 unspecified atom stereocenters. The van der Waals surface area contributed by atoms with Gasteiger partial charge >= 0.3 is 6.03 Å². The fraction of sp³-hybridized carbons (Fsp3) is 0.353. The first-order valence-electron chi connectivity index (χ1n) is 7.30. The number of urea groups is 1. The van der Waals surface area contributed by atoms with Crippen LogP contribution in [-0.4, -0.2) is 24.8 Å². The van der Waals surface area contributed by atoms with Gasteiger partial charge in [0.25, 0.3) is 0 Å². The molecule has 0 fully saturated rings. The maximum Gasteiger partial charge on any atom is 0.319 e. The van der Waals surface area contributed by atoms with Gasteiger partial charge in [-0.1, -0.05) is 0 Å². The first-order valence-corrected chi connectivity index (χ1v) is 7.30. The number of methoxy groups -OCH3 is 1. The number of carbonyl (C=O) groups excluding carboxylic acids is 1. The first-order chi connectivity index (χ1) is 10.8. The molecule has 6 nitrogen and oxygen atoms in total. The van der Waals surface area contributed by atoms with Crippen molar-refractivity contribution in [3.8, 4) is 5.75 Å². The van der Waals surface area contributed by atoms with Crippen molar-refractivity contribution >= 4 is 11.7 Å². The number of aliphatic hydroxyl groups is 1. The molecule has 0 aliphatic rings. The molecule has 0 saturated carbocycles. The number of rotatable bonds is 5. The summed E-state index contributed by atoms with van der Waals surface area (Å²) >= 11 is 0. The molecular formula is C17H22N2O4. The quantitative estimate of drug-likeness (QED) is 0.791. The monoisotopic (exact) mass is 318 g/mol. The Balaban J connectivity index is 1.95. The van der Waals surface area contributed by atoms with Crippen LogP contribution in [0.2, 0.25) is 0 Å². The molecule has 23 heavy (non-hydrogen) atoms. The van der Waals surface area contributed by atoms with E-state index in [-0.39, 0.29) is 6.54 Å². The molecule has 124 valence electrons. The van der Waals surface area contributed by atoms with Gasteiger partial charge in [0, 0.05) is 5.69 Å². The molecule has 3 N–H and O–H groups in total. The fourth-order valence-corrected chi connectivity index (χ4v) is 2.13. The van der Waals surface area contributed by atoms with Gasteiger partial charge in [-0.3, -0.25) is 0 Å². The fourth-order valence-electron chi connectivity index (χ4n) is 2.13. The van der Waals surface area contributed by atoms with Crippen LogP contribution in [0.3, 0.4) is 0 Å². The molecule has 0 saturated heterocycles. The minimum absolute atomic E-state index is 0.0288. The highest BCUT2D eigenvalue weighted by Gasteiger charge is 2.27. The van der Waals surface area contributed by atoms with Crippen molar-refractivity contribution < 1.29 is 19.1 Å². The molecule has 0 aliphatic carbocycles. The van der Waals surface area contributed by atoms with Gasteiger partial charge in [-0.2, -0.15) is 0 Å².